The Morgan fingerprint density at radius 3 is 2.45 bits per heavy atom. The molecule has 4 aliphatic carbocycles. The van der Waals surface area contributed by atoms with Gasteiger partial charge in [0, 0.05) is 12.8 Å². The smallest absolute Gasteiger partial charge is 0.302 e. The summed E-state index contributed by atoms with van der Waals surface area (Å²) in [6.45, 7) is 7.36. The van der Waals surface area contributed by atoms with Crippen LogP contribution in [-0.4, -0.2) is 41.8 Å². The minimum atomic E-state index is -0.640. The van der Waals surface area contributed by atoms with Crippen LogP contribution in [0.3, 0.4) is 0 Å². The molecule has 0 radical (unpaired) electrons. The number of carbonyl (C=O) groups excluding carboxylic acids is 1. The number of hydrogen-bond donors (Lipinski definition) is 1. The van der Waals surface area contributed by atoms with Gasteiger partial charge in [-0.2, -0.15) is 0 Å². The maximum absolute atomic E-state index is 11.9. The Hall–Kier alpha value is -0.650. The van der Waals surface area contributed by atoms with E-state index in [0.717, 1.165) is 44.9 Å². The van der Waals surface area contributed by atoms with Gasteiger partial charge in [-0.3, -0.25) is 4.79 Å². The van der Waals surface area contributed by atoms with Gasteiger partial charge in [-0.15, -0.1) is 0 Å². The molecular weight excluding hydrogens is 368 g/mol. The first kappa shape index (κ1) is 20.3. The maximum atomic E-state index is 11.9. The largest absolute Gasteiger partial charge is 0.463 e. The molecule has 5 aliphatic rings. The van der Waals surface area contributed by atoms with Gasteiger partial charge in [0.25, 0.3) is 0 Å². The van der Waals surface area contributed by atoms with Crippen molar-refractivity contribution in [1.82, 2.24) is 0 Å². The second-order valence-electron chi connectivity index (χ2n) is 11.0. The molecule has 4 saturated carbocycles. The van der Waals surface area contributed by atoms with E-state index in [1.54, 1.807) is 0 Å². The lowest BCUT2D eigenvalue weighted by Crippen LogP contribution is -2.59. The highest BCUT2D eigenvalue weighted by Crippen LogP contribution is 2.66. The van der Waals surface area contributed by atoms with E-state index in [4.69, 9.17) is 14.2 Å². The molecule has 8 unspecified atom stereocenters. The number of aliphatic hydroxyl groups is 1. The summed E-state index contributed by atoms with van der Waals surface area (Å²) in [5, 5.41) is 11.9. The van der Waals surface area contributed by atoms with Crippen LogP contribution < -0.4 is 0 Å². The Morgan fingerprint density at radius 1 is 0.966 bits per heavy atom. The lowest BCUT2D eigenvalue weighted by molar-refractivity contribution is -0.244. The van der Waals surface area contributed by atoms with Crippen molar-refractivity contribution in [2.24, 2.45) is 35.0 Å². The third-order valence-corrected chi connectivity index (χ3v) is 9.91. The highest BCUT2D eigenvalue weighted by atomic mass is 16.7. The van der Waals surface area contributed by atoms with Crippen molar-refractivity contribution in [3.63, 3.8) is 0 Å². The fourth-order valence-electron chi connectivity index (χ4n) is 8.65. The zero-order valence-corrected chi connectivity index (χ0v) is 18.3. The zero-order chi connectivity index (χ0) is 20.4. The van der Waals surface area contributed by atoms with Gasteiger partial charge in [0.2, 0.25) is 0 Å². The van der Waals surface area contributed by atoms with Gasteiger partial charge < -0.3 is 19.3 Å². The molecule has 0 aromatic heterocycles. The van der Waals surface area contributed by atoms with E-state index in [1.165, 1.54) is 19.8 Å². The van der Waals surface area contributed by atoms with Crippen LogP contribution in [0.15, 0.2) is 0 Å². The summed E-state index contributed by atoms with van der Waals surface area (Å²) in [6, 6.07) is 0. The standard InChI is InChI=1S/C24H38O5/c1-15(25)29-17-8-10-22(2)16(14-17)4-5-18-19(22)9-11-24(26)20(18)6-7-21(24)23(3)27-12-13-28-23/h16-21,26H,4-14H2,1-3H3. The highest BCUT2D eigenvalue weighted by molar-refractivity contribution is 5.66. The van der Waals surface area contributed by atoms with Crippen LogP contribution in [0.4, 0.5) is 0 Å². The fraction of sp³-hybridized carbons (Fsp3) is 0.958. The molecule has 1 N–H and O–H groups in total. The van der Waals surface area contributed by atoms with E-state index in [1.807, 2.05) is 6.92 Å². The molecule has 29 heavy (non-hydrogen) atoms. The summed E-state index contributed by atoms with van der Waals surface area (Å²) in [7, 11) is 0. The average Bonchev–Trinajstić information content (AvgIpc) is 3.25. The number of esters is 1. The SMILES string of the molecule is CC(=O)OC1CCC2(C)C(CCC3C2CCC2(O)C3CCC2C2(C)OCCO2)C1. The number of ether oxygens (including phenoxy) is 3. The molecule has 0 aromatic carbocycles. The van der Waals surface area contributed by atoms with E-state index in [2.05, 4.69) is 6.92 Å². The summed E-state index contributed by atoms with van der Waals surface area (Å²) in [6.07, 6.45) is 9.77. The quantitative estimate of drug-likeness (QED) is 0.701. The molecule has 0 amide bonds. The van der Waals surface area contributed by atoms with Crippen molar-refractivity contribution in [1.29, 1.82) is 0 Å². The van der Waals surface area contributed by atoms with Crippen molar-refractivity contribution >= 4 is 5.97 Å². The van der Waals surface area contributed by atoms with Crippen molar-refractivity contribution in [2.75, 3.05) is 13.2 Å². The van der Waals surface area contributed by atoms with E-state index < -0.39 is 11.4 Å². The van der Waals surface area contributed by atoms with Gasteiger partial charge in [0.05, 0.1) is 18.8 Å². The number of carbonyl (C=O) groups is 1. The van der Waals surface area contributed by atoms with Crippen LogP contribution in [-0.2, 0) is 19.0 Å². The summed E-state index contributed by atoms with van der Waals surface area (Å²) < 4.78 is 17.6. The predicted molar refractivity (Wildman–Crippen MR) is 108 cm³/mol. The lowest BCUT2D eigenvalue weighted by atomic mass is 9.46. The Bertz CT molecular complexity index is 658. The second-order valence-corrected chi connectivity index (χ2v) is 11.0. The third-order valence-electron chi connectivity index (χ3n) is 9.91. The number of rotatable bonds is 2. The Morgan fingerprint density at radius 2 is 1.72 bits per heavy atom. The van der Waals surface area contributed by atoms with Crippen LogP contribution in [0.25, 0.3) is 0 Å². The van der Waals surface area contributed by atoms with Crippen LogP contribution in [0.5, 0.6) is 0 Å². The van der Waals surface area contributed by atoms with E-state index in [9.17, 15) is 9.90 Å². The monoisotopic (exact) mass is 406 g/mol. The normalized spacial score (nSPS) is 51.0. The van der Waals surface area contributed by atoms with E-state index in [0.29, 0.717) is 42.3 Å². The number of fused-ring (bicyclic) bond motifs is 5. The Kier molecular flexibility index (Phi) is 4.84. The third kappa shape index (κ3) is 3.02. The van der Waals surface area contributed by atoms with Crippen molar-refractivity contribution < 1.29 is 24.1 Å². The van der Waals surface area contributed by atoms with Gasteiger partial charge in [0.1, 0.15) is 6.10 Å². The number of hydrogen-bond acceptors (Lipinski definition) is 5. The van der Waals surface area contributed by atoms with Crippen LogP contribution >= 0.6 is 0 Å². The topological polar surface area (TPSA) is 65.0 Å². The maximum Gasteiger partial charge on any atom is 0.302 e. The Labute approximate surface area is 174 Å². The summed E-state index contributed by atoms with van der Waals surface area (Å²) in [5.74, 6) is 1.64. The molecule has 5 rings (SSSR count). The van der Waals surface area contributed by atoms with Crippen molar-refractivity contribution in [3.8, 4) is 0 Å². The first-order valence-corrected chi connectivity index (χ1v) is 11.9. The lowest BCUT2D eigenvalue weighted by Gasteiger charge is -2.60. The molecule has 1 saturated heterocycles. The molecule has 1 aliphatic heterocycles. The zero-order valence-electron chi connectivity index (χ0n) is 18.3. The fourth-order valence-corrected chi connectivity index (χ4v) is 8.65. The first-order valence-electron chi connectivity index (χ1n) is 11.9. The molecule has 0 bridgehead atoms. The van der Waals surface area contributed by atoms with Gasteiger partial charge in [-0.1, -0.05) is 6.92 Å². The molecule has 5 nitrogen and oxygen atoms in total. The molecule has 5 heteroatoms. The highest BCUT2D eigenvalue weighted by Gasteiger charge is 2.65. The second kappa shape index (κ2) is 6.93. The van der Waals surface area contributed by atoms with E-state index >= 15 is 0 Å². The van der Waals surface area contributed by atoms with Gasteiger partial charge in [-0.05, 0) is 93.8 Å². The Balaban J connectivity index is 1.35. The molecule has 164 valence electrons. The van der Waals surface area contributed by atoms with Crippen LogP contribution in [0.1, 0.15) is 78.6 Å². The van der Waals surface area contributed by atoms with E-state index in [-0.39, 0.29) is 18.0 Å². The van der Waals surface area contributed by atoms with Gasteiger partial charge >= 0.3 is 5.97 Å². The molecular formula is C24H38O5. The summed E-state index contributed by atoms with van der Waals surface area (Å²) >= 11 is 0. The molecule has 0 aromatic rings. The first-order chi connectivity index (χ1) is 13.8. The average molecular weight is 407 g/mol. The van der Waals surface area contributed by atoms with Gasteiger partial charge in [0.15, 0.2) is 5.79 Å². The minimum absolute atomic E-state index is 0.0914. The summed E-state index contributed by atoms with van der Waals surface area (Å²) in [5.41, 5.74) is -0.318. The van der Waals surface area contributed by atoms with Crippen LogP contribution in [0, 0.1) is 35.0 Å². The summed E-state index contributed by atoms with van der Waals surface area (Å²) in [4.78, 5) is 11.4. The van der Waals surface area contributed by atoms with Gasteiger partial charge in [-0.25, -0.2) is 0 Å². The van der Waals surface area contributed by atoms with Crippen LogP contribution in [0.2, 0.25) is 0 Å². The minimum Gasteiger partial charge on any atom is -0.463 e. The predicted octanol–water partition coefficient (Wildman–Crippen LogP) is 4.06. The molecule has 8 atom stereocenters. The molecule has 1 heterocycles. The molecule has 5 fully saturated rings. The van der Waals surface area contributed by atoms with Crippen molar-refractivity contribution in [3.05, 3.63) is 0 Å². The van der Waals surface area contributed by atoms with Crippen molar-refractivity contribution in [2.45, 2.75) is 96.1 Å². The molecule has 0 spiro atoms.